The lowest BCUT2D eigenvalue weighted by atomic mass is 9.83. The van der Waals surface area contributed by atoms with Gasteiger partial charge in [-0.15, -0.1) is 0 Å². The van der Waals surface area contributed by atoms with Crippen molar-refractivity contribution in [3.05, 3.63) is 59.2 Å². The van der Waals surface area contributed by atoms with Crippen LogP contribution in [0.3, 0.4) is 0 Å². The van der Waals surface area contributed by atoms with Crippen LogP contribution < -0.4 is 5.43 Å². The SMILES string of the molecule is O=C(CN1CCn2c3c(c4cc(C5CCCCC5)ccc42)CCC[C@@H]31)N/N=C/c1ccco1. The number of carbonyl (C=O) groups is 1. The lowest BCUT2D eigenvalue weighted by molar-refractivity contribution is -0.123. The van der Waals surface area contributed by atoms with Gasteiger partial charge < -0.3 is 8.98 Å². The summed E-state index contributed by atoms with van der Waals surface area (Å²) >= 11 is 0. The zero-order chi connectivity index (χ0) is 22.2. The first-order valence-corrected chi connectivity index (χ1v) is 12.5. The van der Waals surface area contributed by atoms with Crippen molar-refractivity contribution in [3.8, 4) is 0 Å². The molecule has 1 saturated carbocycles. The zero-order valence-corrected chi connectivity index (χ0v) is 19.1. The Morgan fingerprint density at radius 2 is 2.03 bits per heavy atom. The Morgan fingerprint density at radius 3 is 2.88 bits per heavy atom. The molecule has 0 radical (unpaired) electrons. The predicted octanol–water partition coefficient (Wildman–Crippen LogP) is 5.13. The number of hydrogen-bond donors (Lipinski definition) is 1. The summed E-state index contributed by atoms with van der Waals surface area (Å²) in [5.74, 6) is 1.28. The van der Waals surface area contributed by atoms with Gasteiger partial charge in [0.05, 0.1) is 25.1 Å². The lowest BCUT2D eigenvalue weighted by Gasteiger charge is -2.39. The Labute approximate surface area is 194 Å². The number of benzene rings is 1. The molecule has 1 aliphatic heterocycles. The normalized spacial score (nSPS) is 21.5. The number of aromatic nitrogens is 1. The van der Waals surface area contributed by atoms with Crippen LogP contribution in [0.25, 0.3) is 10.9 Å². The van der Waals surface area contributed by atoms with Crippen LogP contribution in [-0.4, -0.2) is 34.7 Å². The molecule has 1 N–H and O–H groups in total. The Bertz CT molecular complexity index is 1170. The van der Waals surface area contributed by atoms with Crippen molar-refractivity contribution < 1.29 is 9.21 Å². The highest BCUT2D eigenvalue weighted by molar-refractivity contribution is 5.87. The van der Waals surface area contributed by atoms with Crippen LogP contribution in [0.15, 0.2) is 46.1 Å². The smallest absolute Gasteiger partial charge is 0.254 e. The van der Waals surface area contributed by atoms with Crippen LogP contribution in [0.4, 0.5) is 0 Å². The molecule has 3 aromatic rings. The van der Waals surface area contributed by atoms with Crippen LogP contribution in [0.1, 0.15) is 79.5 Å². The van der Waals surface area contributed by atoms with Gasteiger partial charge >= 0.3 is 0 Å². The molecular formula is C27H32N4O2. The molecule has 1 aromatic carbocycles. The molecule has 0 spiro atoms. The topological polar surface area (TPSA) is 62.8 Å². The van der Waals surface area contributed by atoms with E-state index in [0.29, 0.717) is 18.3 Å². The van der Waals surface area contributed by atoms with Crippen LogP contribution >= 0.6 is 0 Å². The molecule has 3 heterocycles. The number of rotatable bonds is 5. The van der Waals surface area contributed by atoms with Gasteiger partial charge in [0.25, 0.3) is 5.91 Å². The highest BCUT2D eigenvalue weighted by Crippen LogP contribution is 2.43. The summed E-state index contributed by atoms with van der Waals surface area (Å²) in [6, 6.07) is 11.2. The average molecular weight is 445 g/mol. The first-order chi connectivity index (χ1) is 16.3. The van der Waals surface area contributed by atoms with Gasteiger partial charge in [-0.3, -0.25) is 9.69 Å². The minimum absolute atomic E-state index is 0.0749. The summed E-state index contributed by atoms with van der Waals surface area (Å²) < 4.78 is 7.77. The number of furan rings is 1. The van der Waals surface area contributed by atoms with Gasteiger partial charge in [-0.25, -0.2) is 5.43 Å². The fourth-order valence-electron chi connectivity index (χ4n) is 6.33. The minimum Gasteiger partial charge on any atom is -0.463 e. The van der Waals surface area contributed by atoms with Gasteiger partial charge in [-0.05, 0) is 73.4 Å². The molecule has 0 unspecified atom stereocenters. The first kappa shape index (κ1) is 20.7. The number of hydrogen-bond acceptors (Lipinski definition) is 4. The predicted molar refractivity (Wildman–Crippen MR) is 129 cm³/mol. The van der Waals surface area contributed by atoms with E-state index in [1.54, 1.807) is 12.3 Å². The second-order valence-corrected chi connectivity index (χ2v) is 9.81. The van der Waals surface area contributed by atoms with Gasteiger partial charge in [-0.2, -0.15) is 5.10 Å². The Morgan fingerprint density at radius 1 is 1.12 bits per heavy atom. The molecule has 3 aliphatic rings. The second-order valence-electron chi connectivity index (χ2n) is 9.81. The maximum Gasteiger partial charge on any atom is 0.254 e. The van der Waals surface area contributed by atoms with Crippen molar-refractivity contribution >= 4 is 23.0 Å². The molecule has 1 atom stereocenters. The molecule has 6 nitrogen and oxygen atoms in total. The number of aryl methyl sites for hydroxylation is 1. The molecule has 2 aromatic heterocycles. The number of amides is 1. The first-order valence-electron chi connectivity index (χ1n) is 12.5. The van der Waals surface area contributed by atoms with Crippen molar-refractivity contribution in [3.63, 3.8) is 0 Å². The molecule has 1 amide bonds. The van der Waals surface area contributed by atoms with Gasteiger partial charge in [0.15, 0.2) is 0 Å². The summed E-state index contributed by atoms with van der Waals surface area (Å²) in [4.78, 5) is 14.9. The maximum atomic E-state index is 12.6. The molecule has 0 bridgehead atoms. The minimum atomic E-state index is -0.0749. The second kappa shape index (κ2) is 8.82. The van der Waals surface area contributed by atoms with Crippen LogP contribution in [0.5, 0.6) is 0 Å². The summed E-state index contributed by atoms with van der Waals surface area (Å²) in [5, 5.41) is 5.51. The molecule has 6 heteroatoms. The van der Waals surface area contributed by atoms with Crippen LogP contribution in [0.2, 0.25) is 0 Å². The van der Waals surface area contributed by atoms with Crippen molar-refractivity contribution in [2.45, 2.75) is 69.9 Å². The third-order valence-electron chi connectivity index (χ3n) is 7.86. The van der Waals surface area contributed by atoms with E-state index in [9.17, 15) is 4.79 Å². The third kappa shape index (κ3) is 3.90. The fourth-order valence-corrected chi connectivity index (χ4v) is 6.33. The monoisotopic (exact) mass is 444 g/mol. The highest BCUT2D eigenvalue weighted by Gasteiger charge is 2.35. The van der Waals surface area contributed by atoms with E-state index in [1.807, 2.05) is 6.07 Å². The molecular weight excluding hydrogens is 412 g/mol. The Kier molecular flexibility index (Phi) is 5.54. The molecule has 172 valence electrons. The molecule has 0 saturated heterocycles. The Hall–Kier alpha value is -2.86. The standard InChI is InChI=1S/C27H32N4O2/c32-26(29-28-17-21-8-5-15-33-21)18-30-13-14-31-24-12-11-20(19-6-2-1-3-7-19)16-23(24)22-9-4-10-25(30)27(22)31/h5,8,11-12,15-17,19,25H,1-4,6-7,9-10,13-14,18H2,(H,29,32)/b28-17+/t25-/m0/s1. The number of nitrogens with one attached hydrogen (secondary N) is 1. The van der Waals surface area contributed by atoms with Gasteiger partial charge in [0.2, 0.25) is 0 Å². The van der Waals surface area contributed by atoms with E-state index in [2.05, 4.69) is 38.2 Å². The molecule has 2 aliphatic carbocycles. The molecule has 6 rings (SSSR count). The summed E-state index contributed by atoms with van der Waals surface area (Å²) in [5.41, 5.74) is 8.57. The van der Waals surface area contributed by atoms with E-state index in [0.717, 1.165) is 31.8 Å². The highest BCUT2D eigenvalue weighted by atomic mass is 16.3. The zero-order valence-electron chi connectivity index (χ0n) is 19.1. The van der Waals surface area contributed by atoms with E-state index in [-0.39, 0.29) is 5.91 Å². The molecule has 1 fully saturated rings. The van der Waals surface area contributed by atoms with Crippen molar-refractivity contribution in [2.75, 3.05) is 13.1 Å². The van der Waals surface area contributed by atoms with Crippen LogP contribution in [0, 0.1) is 0 Å². The quantitative estimate of drug-likeness (QED) is 0.439. The Balaban J connectivity index is 1.23. The number of nitrogens with zero attached hydrogens (tertiary/aromatic N) is 3. The van der Waals surface area contributed by atoms with E-state index < -0.39 is 0 Å². The largest absolute Gasteiger partial charge is 0.463 e. The summed E-state index contributed by atoms with van der Waals surface area (Å²) in [6.07, 6.45) is 13.4. The maximum absolute atomic E-state index is 12.6. The van der Waals surface area contributed by atoms with Gasteiger partial charge in [0, 0.05) is 29.7 Å². The van der Waals surface area contributed by atoms with Gasteiger partial charge in [-0.1, -0.05) is 25.3 Å². The fraction of sp³-hybridized carbons (Fsp3) is 0.481. The number of fused-ring (bicyclic) bond motifs is 3. The number of hydrazone groups is 1. The van der Waals surface area contributed by atoms with Crippen molar-refractivity contribution in [1.29, 1.82) is 0 Å². The van der Waals surface area contributed by atoms with Crippen molar-refractivity contribution in [1.82, 2.24) is 14.9 Å². The van der Waals surface area contributed by atoms with Gasteiger partial charge in [0.1, 0.15) is 5.76 Å². The van der Waals surface area contributed by atoms with E-state index in [4.69, 9.17) is 4.42 Å². The van der Waals surface area contributed by atoms with E-state index in [1.165, 1.54) is 72.5 Å². The molecule has 33 heavy (non-hydrogen) atoms. The average Bonchev–Trinajstić information content (AvgIpc) is 3.48. The number of carbonyl (C=O) groups excluding carboxylic acids is 1. The lowest BCUT2D eigenvalue weighted by Crippen LogP contribution is -2.44. The summed E-state index contributed by atoms with van der Waals surface area (Å²) in [7, 11) is 0. The van der Waals surface area contributed by atoms with Crippen molar-refractivity contribution in [2.24, 2.45) is 5.10 Å². The van der Waals surface area contributed by atoms with E-state index >= 15 is 0 Å². The van der Waals surface area contributed by atoms with Crippen LogP contribution in [-0.2, 0) is 17.8 Å². The summed E-state index contributed by atoms with van der Waals surface area (Å²) in [6.45, 7) is 2.20. The third-order valence-corrected chi connectivity index (χ3v) is 7.86.